The van der Waals surface area contributed by atoms with Gasteiger partial charge in [0.1, 0.15) is 5.75 Å². The average molecular weight is 460 g/mol. The Morgan fingerprint density at radius 2 is 1.87 bits per heavy atom. The molecule has 1 amide bonds. The number of benzene rings is 3. The van der Waals surface area contributed by atoms with Gasteiger partial charge in [0.15, 0.2) is 6.61 Å². The molecule has 0 aliphatic heterocycles. The van der Waals surface area contributed by atoms with Crippen molar-refractivity contribution in [2.75, 3.05) is 11.1 Å². The lowest BCUT2D eigenvalue weighted by molar-refractivity contribution is -0.113. The Labute approximate surface area is 186 Å². The molecular formula is C21H15Cl2N3O3S. The van der Waals surface area contributed by atoms with E-state index in [-0.39, 0.29) is 23.5 Å². The van der Waals surface area contributed by atoms with Gasteiger partial charge in [-0.15, -0.1) is 10.2 Å². The normalized spacial score (nSPS) is 10.9. The summed E-state index contributed by atoms with van der Waals surface area (Å²) in [5.41, 5.74) is 0.449. The van der Waals surface area contributed by atoms with Gasteiger partial charge in [0.2, 0.25) is 5.91 Å². The van der Waals surface area contributed by atoms with Crippen LogP contribution in [0.25, 0.3) is 10.8 Å². The molecule has 0 unspecified atom stereocenters. The fraction of sp³-hybridized carbons (Fsp3) is 0.0952. The van der Waals surface area contributed by atoms with Crippen LogP contribution >= 0.6 is 35.0 Å². The van der Waals surface area contributed by atoms with Crippen molar-refractivity contribution in [2.45, 2.75) is 11.8 Å². The summed E-state index contributed by atoms with van der Waals surface area (Å²) < 4.78 is 11.3. The van der Waals surface area contributed by atoms with Crippen LogP contribution in [0.4, 0.5) is 5.69 Å². The lowest BCUT2D eigenvalue weighted by Crippen LogP contribution is -2.14. The van der Waals surface area contributed by atoms with Gasteiger partial charge in [0, 0.05) is 0 Å². The molecule has 1 aromatic heterocycles. The van der Waals surface area contributed by atoms with E-state index in [1.807, 2.05) is 42.5 Å². The van der Waals surface area contributed by atoms with Crippen LogP contribution in [0, 0.1) is 0 Å². The topological polar surface area (TPSA) is 77.2 Å². The van der Waals surface area contributed by atoms with Crippen molar-refractivity contribution in [1.82, 2.24) is 10.2 Å². The smallest absolute Gasteiger partial charge is 0.277 e. The van der Waals surface area contributed by atoms with E-state index in [9.17, 15) is 4.79 Å². The van der Waals surface area contributed by atoms with E-state index in [2.05, 4.69) is 15.5 Å². The van der Waals surface area contributed by atoms with Crippen LogP contribution in [0.2, 0.25) is 10.0 Å². The predicted molar refractivity (Wildman–Crippen MR) is 118 cm³/mol. The second-order valence-electron chi connectivity index (χ2n) is 6.20. The summed E-state index contributed by atoms with van der Waals surface area (Å²) in [6.45, 7) is 0.135. The SMILES string of the molecule is O=C(CSc1nnc(COc2ccc3ccccc3c2)o1)Nc1cccc(Cl)c1Cl. The van der Waals surface area contributed by atoms with Crippen molar-refractivity contribution in [3.05, 3.63) is 76.6 Å². The van der Waals surface area contributed by atoms with Crippen molar-refractivity contribution in [3.8, 4) is 5.75 Å². The highest BCUT2D eigenvalue weighted by Gasteiger charge is 2.12. The first-order valence-corrected chi connectivity index (χ1v) is 10.6. The first kappa shape index (κ1) is 20.5. The maximum absolute atomic E-state index is 12.1. The number of ether oxygens (including phenoxy) is 1. The molecule has 1 heterocycles. The molecule has 0 saturated carbocycles. The molecule has 30 heavy (non-hydrogen) atoms. The number of rotatable bonds is 7. The monoisotopic (exact) mass is 459 g/mol. The number of aromatic nitrogens is 2. The van der Waals surface area contributed by atoms with Gasteiger partial charge in [-0.25, -0.2) is 0 Å². The minimum Gasteiger partial charge on any atom is -0.484 e. The first-order chi connectivity index (χ1) is 14.6. The summed E-state index contributed by atoms with van der Waals surface area (Å²) in [6.07, 6.45) is 0. The minimum atomic E-state index is -0.267. The first-order valence-electron chi connectivity index (χ1n) is 8.89. The Morgan fingerprint density at radius 3 is 2.73 bits per heavy atom. The lowest BCUT2D eigenvalue weighted by atomic mass is 10.1. The van der Waals surface area contributed by atoms with Gasteiger partial charge in [-0.2, -0.15) is 0 Å². The quantitative estimate of drug-likeness (QED) is 0.349. The molecule has 0 aliphatic carbocycles. The van der Waals surface area contributed by atoms with E-state index < -0.39 is 0 Å². The number of fused-ring (bicyclic) bond motifs is 1. The van der Waals surface area contributed by atoms with Crippen LogP contribution in [-0.2, 0) is 11.4 Å². The standard InChI is InChI=1S/C21H15Cl2N3O3S/c22-16-6-3-7-17(20(16)23)24-18(27)12-30-21-26-25-19(29-21)11-28-15-9-8-13-4-1-2-5-14(13)10-15/h1-10H,11-12H2,(H,24,27). The Balaban J connectivity index is 1.29. The number of thioether (sulfide) groups is 1. The maximum Gasteiger partial charge on any atom is 0.277 e. The largest absolute Gasteiger partial charge is 0.484 e. The summed E-state index contributed by atoms with van der Waals surface area (Å²) >= 11 is 13.1. The number of nitrogens with zero attached hydrogens (tertiary/aromatic N) is 2. The molecule has 0 radical (unpaired) electrons. The molecule has 3 aromatic carbocycles. The zero-order valence-electron chi connectivity index (χ0n) is 15.5. The molecule has 4 rings (SSSR count). The number of carbonyl (C=O) groups excluding carboxylic acids is 1. The molecule has 1 N–H and O–H groups in total. The third-order valence-electron chi connectivity index (χ3n) is 4.08. The summed E-state index contributed by atoms with van der Waals surface area (Å²) in [5, 5.41) is 13.7. The molecule has 4 aromatic rings. The van der Waals surface area contributed by atoms with Gasteiger partial charge in [-0.1, -0.05) is 71.4 Å². The second kappa shape index (κ2) is 9.38. The highest BCUT2D eigenvalue weighted by molar-refractivity contribution is 7.99. The lowest BCUT2D eigenvalue weighted by Gasteiger charge is -2.07. The highest BCUT2D eigenvalue weighted by Crippen LogP contribution is 2.30. The third-order valence-corrected chi connectivity index (χ3v) is 5.72. The van der Waals surface area contributed by atoms with Crippen molar-refractivity contribution in [1.29, 1.82) is 0 Å². The van der Waals surface area contributed by atoms with Gasteiger partial charge < -0.3 is 14.5 Å². The third kappa shape index (κ3) is 5.05. The van der Waals surface area contributed by atoms with Gasteiger partial charge in [0.25, 0.3) is 11.1 Å². The Morgan fingerprint density at radius 1 is 1.03 bits per heavy atom. The maximum atomic E-state index is 12.1. The summed E-state index contributed by atoms with van der Waals surface area (Å²) in [7, 11) is 0. The fourth-order valence-corrected chi connectivity index (χ4v) is 3.60. The number of anilines is 1. The number of hydrogen-bond donors (Lipinski definition) is 1. The van der Waals surface area contributed by atoms with Gasteiger partial charge in [0.05, 0.1) is 21.5 Å². The Kier molecular flexibility index (Phi) is 6.42. The molecule has 0 spiro atoms. The van der Waals surface area contributed by atoms with Crippen LogP contribution in [0.15, 0.2) is 70.3 Å². The van der Waals surface area contributed by atoms with Crippen LogP contribution < -0.4 is 10.1 Å². The summed E-state index contributed by atoms with van der Waals surface area (Å²) in [4.78, 5) is 12.1. The molecule has 0 aliphatic rings. The molecule has 0 saturated heterocycles. The Bertz CT molecular complexity index is 1200. The average Bonchev–Trinajstić information content (AvgIpc) is 3.22. The molecule has 0 atom stereocenters. The number of nitrogens with one attached hydrogen (secondary N) is 1. The number of hydrogen-bond acceptors (Lipinski definition) is 6. The second-order valence-corrected chi connectivity index (χ2v) is 7.91. The zero-order chi connectivity index (χ0) is 20.9. The summed E-state index contributed by atoms with van der Waals surface area (Å²) in [6, 6.07) is 18.9. The van der Waals surface area contributed by atoms with Crippen molar-refractivity contribution < 1.29 is 13.9 Å². The van der Waals surface area contributed by atoms with Crippen molar-refractivity contribution in [2.24, 2.45) is 0 Å². The van der Waals surface area contributed by atoms with E-state index in [0.717, 1.165) is 22.5 Å². The van der Waals surface area contributed by atoms with Gasteiger partial charge in [-0.05, 0) is 35.0 Å². The number of carbonyl (C=O) groups is 1. The van der Waals surface area contributed by atoms with E-state index in [1.54, 1.807) is 18.2 Å². The van der Waals surface area contributed by atoms with E-state index in [0.29, 0.717) is 27.4 Å². The fourth-order valence-electron chi connectivity index (χ4n) is 2.67. The number of amides is 1. The summed E-state index contributed by atoms with van der Waals surface area (Å²) in [5.74, 6) is 0.842. The van der Waals surface area contributed by atoms with E-state index >= 15 is 0 Å². The molecule has 0 bridgehead atoms. The molecule has 9 heteroatoms. The molecule has 6 nitrogen and oxygen atoms in total. The van der Waals surface area contributed by atoms with Crippen molar-refractivity contribution >= 4 is 57.3 Å². The van der Waals surface area contributed by atoms with Crippen LogP contribution in [0.3, 0.4) is 0 Å². The molecule has 0 fully saturated rings. The van der Waals surface area contributed by atoms with Gasteiger partial charge in [-0.3, -0.25) is 4.79 Å². The van der Waals surface area contributed by atoms with Crippen LogP contribution in [-0.4, -0.2) is 21.9 Å². The van der Waals surface area contributed by atoms with E-state index in [4.69, 9.17) is 32.4 Å². The van der Waals surface area contributed by atoms with Crippen molar-refractivity contribution in [3.63, 3.8) is 0 Å². The van der Waals surface area contributed by atoms with Crippen LogP contribution in [0.5, 0.6) is 5.75 Å². The van der Waals surface area contributed by atoms with Gasteiger partial charge >= 0.3 is 0 Å². The van der Waals surface area contributed by atoms with Crippen LogP contribution in [0.1, 0.15) is 5.89 Å². The number of halogens is 2. The minimum absolute atomic E-state index is 0.0794. The molecular weight excluding hydrogens is 445 g/mol. The Hall–Kier alpha value is -2.74. The zero-order valence-corrected chi connectivity index (χ0v) is 17.8. The predicted octanol–water partition coefficient (Wildman–Crippen LogP) is 5.84. The molecule has 152 valence electrons. The highest BCUT2D eigenvalue weighted by atomic mass is 35.5. The van der Waals surface area contributed by atoms with E-state index in [1.165, 1.54) is 0 Å².